The highest BCUT2D eigenvalue weighted by Crippen LogP contribution is 2.39. The highest BCUT2D eigenvalue weighted by Gasteiger charge is 2.43. The van der Waals surface area contributed by atoms with Crippen molar-refractivity contribution in [2.45, 2.75) is 12.8 Å². The fourth-order valence-corrected chi connectivity index (χ4v) is 5.62. The molecule has 2 amide bonds. The predicted molar refractivity (Wildman–Crippen MR) is 156 cm³/mol. The van der Waals surface area contributed by atoms with E-state index < -0.39 is 0 Å². The third-order valence-electron chi connectivity index (χ3n) is 7.87. The number of ether oxygens (including phenoxy) is 5. The number of amides is 2. The smallest absolute Gasteiger partial charge is 0.319 e. The number of carbonyl (C=O) groups excluding carboxylic acids is 1. The number of likely N-dealkylation sites (tertiary alicyclic amines) is 1. The van der Waals surface area contributed by atoms with Gasteiger partial charge < -0.3 is 39.2 Å². The number of hydrogen-bond donors (Lipinski definition) is 2. The molecule has 0 bridgehead atoms. The van der Waals surface area contributed by atoms with E-state index in [1.807, 2.05) is 12.1 Å². The van der Waals surface area contributed by atoms with E-state index in [9.17, 15) is 4.79 Å². The minimum Gasteiger partial charge on any atom is -0.493 e. The first-order chi connectivity index (χ1) is 20.0. The van der Waals surface area contributed by atoms with Gasteiger partial charge in [-0.3, -0.25) is 4.98 Å². The average Bonchev–Trinajstić information content (AvgIpc) is 3.37. The molecule has 10 nitrogen and oxygen atoms in total. The van der Waals surface area contributed by atoms with Crippen molar-refractivity contribution in [2.75, 3.05) is 71.6 Å². The Hall–Kier alpha value is -3.31. The number of methoxy groups -OCH3 is 1. The first kappa shape index (κ1) is 27.8. The van der Waals surface area contributed by atoms with Gasteiger partial charge in [0.15, 0.2) is 11.5 Å². The lowest BCUT2D eigenvalue weighted by Gasteiger charge is -2.37. The zero-order valence-corrected chi connectivity index (χ0v) is 23.9. The minimum absolute atomic E-state index is 0.314. The molecular weight excluding hydrogens is 548 g/mol. The fourth-order valence-electron chi connectivity index (χ4n) is 5.40. The summed E-state index contributed by atoms with van der Waals surface area (Å²) in [6, 6.07) is 10.4. The summed E-state index contributed by atoms with van der Waals surface area (Å²) in [7, 11) is 1.62. The molecule has 6 rings (SSSR count). The fraction of sp³-hybridized carbons (Fsp3) is 0.467. The molecule has 1 spiro atoms. The molecule has 3 aromatic rings. The Labute approximate surface area is 244 Å². The van der Waals surface area contributed by atoms with Crippen LogP contribution in [0.4, 0.5) is 10.5 Å². The number of benzene rings is 2. The zero-order chi connectivity index (χ0) is 28.2. The van der Waals surface area contributed by atoms with E-state index in [0.29, 0.717) is 71.4 Å². The van der Waals surface area contributed by atoms with Crippen molar-refractivity contribution in [3.05, 3.63) is 47.6 Å². The number of rotatable bonds is 11. The average molecular weight is 583 g/mol. The van der Waals surface area contributed by atoms with Gasteiger partial charge in [-0.25, -0.2) is 4.79 Å². The monoisotopic (exact) mass is 582 g/mol. The number of anilines is 1. The number of halogens is 1. The molecule has 218 valence electrons. The number of nitrogens with one attached hydrogen (secondary N) is 2. The molecule has 0 atom stereocenters. The lowest BCUT2D eigenvalue weighted by molar-refractivity contribution is -0.105. The minimum atomic E-state index is -0.314. The van der Waals surface area contributed by atoms with Gasteiger partial charge in [0.1, 0.15) is 11.5 Å². The maximum absolute atomic E-state index is 12.2. The Balaban J connectivity index is 1.07. The van der Waals surface area contributed by atoms with E-state index in [-0.39, 0.29) is 6.03 Å². The van der Waals surface area contributed by atoms with Gasteiger partial charge in [-0.1, -0.05) is 11.6 Å². The van der Waals surface area contributed by atoms with Crippen molar-refractivity contribution in [1.29, 1.82) is 0 Å². The normalized spacial score (nSPS) is 18.1. The molecule has 3 aliphatic rings. The lowest BCUT2D eigenvalue weighted by Crippen LogP contribution is -2.44. The van der Waals surface area contributed by atoms with E-state index in [0.717, 1.165) is 50.2 Å². The highest BCUT2D eigenvalue weighted by atomic mass is 35.5. The Kier molecular flexibility index (Phi) is 8.34. The molecule has 0 unspecified atom stereocenters. The Morgan fingerprint density at radius 3 is 2.73 bits per heavy atom. The van der Waals surface area contributed by atoms with Gasteiger partial charge in [-0.05, 0) is 43.7 Å². The second kappa shape index (κ2) is 12.3. The molecule has 1 aromatic heterocycles. The Morgan fingerprint density at radius 1 is 1.15 bits per heavy atom. The van der Waals surface area contributed by atoms with Gasteiger partial charge in [0.2, 0.25) is 0 Å². The van der Waals surface area contributed by atoms with Crippen LogP contribution in [0.25, 0.3) is 10.9 Å². The first-order valence-electron chi connectivity index (χ1n) is 14.0. The standard InChI is InChI=1S/C30H35ClN4O6/c1-37-27-12-22-25(13-28(27)40-10-2-8-35-9-6-30(17-35)18-39-19-30)32-7-5-26(22)41-21-3-4-24(23(31)11-21)34-29(36)33-14-20-15-38-16-20/h3-5,7,11-13,20H,2,6,8-10,14-19H2,1H3,(H2,33,34,36). The van der Waals surface area contributed by atoms with Crippen LogP contribution in [0, 0.1) is 11.3 Å². The molecule has 11 heteroatoms. The van der Waals surface area contributed by atoms with Crippen LogP contribution in [0.2, 0.25) is 5.02 Å². The van der Waals surface area contributed by atoms with E-state index >= 15 is 0 Å². The summed E-state index contributed by atoms with van der Waals surface area (Å²) in [6.45, 7) is 7.55. The number of aromatic nitrogens is 1. The zero-order valence-electron chi connectivity index (χ0n) is 23.1. The van der Waals surface area contributed by atoms with Gasteiger partial charge in [-0.2, -0.15) is 0 Å². The van der Waals surface area contributed by atoms with Crippen LogP contribution in [-0.2, 0) is 9.47 Å². The molecule has 3 aliphatic heterocycles. The summed E-state index contributed by atoms with van der Waals surface area (Å²) in [5.41, 5.74) is 1.62. The maximum atomic E-state index is 12.2. The number of pyridine rings is 1. The Morgan fingerprint density at radius 2 is 2.02 bits per heavy atom. The predicted octanol–water partition coefficient (Wildman–Crippen LogP) is 4.95. The van der Waals surface area contributed by atoms with Gasteiger partial charge in [-0.15, -0.1) is 0 Å². The first-order valence-corrected chi connectivity index (χ1v) is 14.4. The van der Waals surface area contributed by atoms with Crippen molar-refractivity contribution in [1.82, 2.24) is 15.2 Å². The highest BCUT2D eigenvalue weighted by molar-refractivity contribution is 6.33. The molecule has 0 saturated carbocycles. The summed E-state index contributed by atoms with van der Waals surface area (Å²) in [5, 5.41) is 6.75. The lowest BCUT2D eigenvalue weighted by atomic mass is 9.85. The molecular formula is C30H35ClN4O6. The summed E-state index contributed by atoms with van der Waals surface area (Å²) in [4.78, 5) is 19.2. The second-order valence-electron chi connectivity index (χ2n) is 11.0. The third kappa shape index (κ3) is 6.46. The van der Waals surface area contributed by atoms with Crippen LogP contribution < -0.4 is 24.8 Å². The quantitative estimate of drug-likeness (QED) is 0.306. The van der Waals surface area contributed by atoms with Crippen LogP contribution in [-0.4, -0.2) is 82.2 Å². The van der Waals surface area contributed by atoms with E-state index in [2.05, 4.69) is 20.5 Å². The maximum Gasteiger partial charge on any atom is 0.319 e. The molecule has 41 heavy (non-hydrogen) atoms. The van der Waals surface area contributed by atoms with E-state index in [4.69, 9.17) is 35.3 Å². The van der Waals surface area contributed by atoms with Crippen LogP contribution in [0.3, 0.4) is 0 Å². The second-order valence-corrected chi connectivity index (χ2v) is 11.4. The summed E-state index contributed by atoms with van der Waals surface area (Å²) in [6.07, 6.45) is 3.84. The van der Waals surface area contributed by atoms with Crippen LogP contribution >= 0.6 is 11.6 Å². The van der Waals surface area contributed by atoms with Crippen molar-refractivity contribution >= 4 is 34.2 Å². The van der Waals surface area contributed by atoms with Gasteiger partial charge >= 0.3 is 6.03 Å². The summed E-state index contributed by atoms with van der Waals surface area (Å²) >= 11 is 6.45. The molecule has 0 aliphatic carbocycles. The Bertz CT molecular complexity index is 1400. The summed E-state index contributed by atoms with van der Waals surface area (Å²) in [5.74, 6) is 2.74. The van der Waals surface area contributed by atoms with Crippen molar-refractivity contribution in [3.63, 3.8) is 0 Å². The van der Waals surface area contributed by atoms with Gasteiger partial charge in [0, 0.05) is 54.7 Å². The number of hydrogen-bond acceptors (Lipinski definition) is 8. The molecule has 3 saturated heterocycles. The molecule has 3 fully saturated rings. The topological polar surface area (TPSA) is 103 Å². The molecule has 4 heterocycles. The van der Waals surface area contributed by atoms with Crippen molar-refractivity contribution in [3.8, 4) is 23.0 Å². The number of urea groups is 1. The van der Waals surface area contributed by atoms with E-state index in [1.54, 1.807) is 37.6 Å². The molecule has 2 N–H and O–H groups in total. The van der Waals surface area contributed by atoms with Gasteiger partial charge in [0.25, 0.3) is 0 Å². The number of nitrogens with zero attached hydrogens (tertiary/aromatic N) is 2. The third-order valence-corrected chi connectivity index (χ3v) is 8.18. The van der Waals surface area contributed by atoms with E-state index in [1.165, 1.54) is 6.42 Å². The largest absolute Gasteiger partial charge is 0.493 e. The number of carbonyl (C=O) groups is 1. The van der Waals surface area contributed by atoms with Gasteiger partial charge in [0.05, 0.1) is 56.4 Å². The van der Waals surface area contributed by atoms with Crippen molar-refractivity contribution < 1.29 is 28.5 Å². The molecule has 0 radical (unpaired) electrons. The SMILES string of the molecule is COc1cc2c(Oc3ccc(NC(=O)NCC4COC4)c(Cl)c3)ccnc2cc1OCCCN1CCC2(COC2)C1. The van der Waals surface area contributed by atoms with Crippen LogP contribution in [0.5, 0.6) is 23.0 Å². The van der Waals surface area contributed by atoms with Crippen molar-refractivity contribution in [2.24, 2.45) is 11.3 Å². The van der Waals surface area contributed by atoms with Crippen LogP contribution in [0.1, 0.15) is 12.8 Å². The number of fused-ring (bicyclic) bond motifs is 1. The molecule has 2 aromatic carbocycles. The summed E-state index contributed by atoms with van der Waals surface area (Å²) < 4.78 is 28.5. The van der Waals surface area contributed by atoms with Crippen LogP contribution in [0.15, 0.2) is 42.6 Å².